The number of carbonyl (C=O) groups is 2. The molecule has 0 radical (unpaired) electrons. The minimum atomic E-state index is -0.404. The van der Waals surface area contributed by atoms with Gasteiger partial charge in [-0.1, -0.05) is 30.3 Å². The predicted octanol–water partition coefficient (Wildman–Crippen LogP) is 3.72. The zero-order valence-electron chi connectivity index (χ0n) is 13.8. The van der Waals surface area contributed by atoms with Gasteiger partial charge in [-0.15, -0.1) is 11.3 Å². The van der Waals surface area contributed by atoms with E-state index in [4.69, 9.17) is 4.74 Å². The Labute approximate surface area is 149 Å². The summed E-state index contributed by atoms with van der Waals surface area (Å²) in [5.74, 6) is -0.748. The molecule has 25 heavy (non-hydrogen) atoms. The topological polar surface area (TPSA) is 68.3 Å². The Bertz CT molecular complexity index is 871. The number of para-hydroxylation sites is 2. The van der Waals surface area contributed by atoms with Gasteiger partial charge in [-0.05, 0) is 30.7 Å². The molecular formula is C19H18N2O3S. The number of anilines is 1. The molecule has 3 aromatic rings. The van der Waals surface area contributed by atoms with Crippen LogP contribution in [-0.4, -0.2) is 23.5 Å². The summed E-state index contributed by atoms with van der Waals surface area (Å²) in [6.45, 7) is 1.62. The Morgan fingerprint density at radius 2 is 1.88 bits per heavy atom. The first kappa shape index (κ1) is 17.1. The Morgan fingerprint density at radius 3 is 2.68 bits per heavy atom. The number of esters is 1. The van der Waals surface area contributed by atoms with E-state index in [2.05, 4.69) is 10.3 Å². The van der Waals surface area contributed by atoms with E-state index in [1.165, 1.54) is 0 Å². The first-order valence-electron chi connectivity index (χ1n) is 7.97. The van der Waals surface area contributed by atoms with Gasteiger partial charge in [0.2, 0.25) is 0 Å². The second-order valence-corrected chi connectivity index (χ2v) is 6.71. The average molecular weight is 354 g/mol. The molecule has 1 N–H and O–H groups in total. The molecular weight excluding hydrogens is 336 g/mol. The van der Waals surface area contributed by atoms with Crippen LogP contribution in [0.25, 0.3) is 10.2 Å². The van der Waals surface area contributed by atoms with Gasteiger partial charge in [0.1, 0.15) is 0 Å². The van der Waals surface area contributed by atoms with Gasteiger partial charge in [-0.2, -0.15) is 0 Å². The number of rotatable bonds is 6. The van der Waals surface area contributed by atoms with Gasteiger partial charge in [-0.25, -0.2) is 4.98 Å². The molecule has 0 aliphatic heterocycles. The fourth-order valence-corrected chi connectivity index (χ4v) is 3.32. The van der Waals surface area contributed by atoms with E-state index < -0.39 is 5.97 Å². The SMILES string of the molecule is Cc1ccccc1NC(=O)COC(=O)CCc1nc2ccccc2s1. The van der Waals surface area contributed by atoms with E-state index in [1.807, 2.05) is 55.5 Å². The molecule has 1 amide bonds. The van der Waals surface area contributed by atoms with Crippen molar-refractivity contribution in [3.8, 4) is 0 Å². The molecule has 0 unspecified atom stereocenters. The van der Waals surface area contributed by atoms with Crippen LogP contribution in [0, 0.1) is 6.92 Å². The number of hydrogen-bond acceptors (Lipinski definition) is 5. The first-order chi connectivity index (χ1) is 12.1. The van der Waals surface area contributed by atoms with Crippen LogP contribution < -0.4 is 5.32 Å². The summed E-state index contributed by atoms with van der Waals surface area (Å²) >= 11 is 1.57. The Morgan fingerprint density at radius 1 is 1.12 bits per heavy atom. The number of aromatic nitrogens is 1. The molecule has 0 fully saturated rings. The molecule has 0 saturated heterocycles. The summed E-state index contributed by atoms with van der Waals surface area (Å²) in [5.41, 5.74) is 2.62. The lowest BCUT2D eigenvalue weighted by atomic mass is 10.2. The van der Waals surface area contributed by atoms with Crippen molar-refractivity contribution in [1.82, 2.24) is 4.98 Å². The highest BCUT2D eigenvalue weighted by atomic mass is 32.1. The van der Waals surface area contributed by atoms with Crippen molar-refractivity contribution in [2.24, 2.45) is 0 Å². The highest BCUT2D eigenvalue weighted by molar-refractivity contribution is 7.18. The molecule has 1 aromatic heterocycles. The van der Waals surface area contributed by atoms with Gasteiger partial charge in [-0.3, -0.25) is 9.59 Å². The quantitative estimate of drug-likeness (QED) is 0.685. The van der Waals surface area contributed by atoms with Crippen LogP contribution in [0.4, 0.5) is 5.69 Å². The number of benzene rings is 2. The largest absolute Gasteiger partial charge is 0.456 e. The normalized spacial score (nSPS) is 10.6. The highest BCUT2D eigenvalue weighted by Gasteiger charge is 2.11. The maximum atomic E-state index is 11.9. The van der Waals surface area contributed by atoms with Crippen LogP contribution in [0.15, 0.2) is 48.5 Å². The number of amides is 1. The van der Waals surface area contributed by atoms with E-state index in [1.54, 1.807) is 11.3 Å². The zero-order valence-corrected chi connectivity index (χ0v) is 14.6. The lowest BCUT2D eigenvalue weighted by Crippen LogP contribution is -2.21. The number of hydrogen-bond donors (Lipinski definition) is 1. The monoisotopic (exact) mass is 354 g/mol. The van der Waals surface area contributed by atoms with Crippen molar-refractivity contribution in [1.29, 1.82) is 0 Å². The molecule has 0 saturated carbocycles. The molecule has 2 aromatic carbocycles. The lowest BCUT2D eigenvalue weighted by molar-refractivity contribution is -0.147. The summed E-state index contributed by atoms with van der Waals surface area (Å²) in [6, 6.07) is 15.3. The van der Waals surface area contributed by atoms with Gasteiger partial charge in [0.05, 0.1) is 21.6 Å². The van der Waals surface area contributed by atoms with Crippen molar-refractivity contribution < 1.29 is 14.3 Å². The standard InChI is InChI=1S/C19H18N2O3S/c1-13-6-2-3-7-14(13)20-17(22)12-24-19(23)11-10-18-21-15-8-4-5-9-16(15)25-18/h2-9H,10-12H2,1H3,(H,20,22). The minimum Gasteiger partial charge on any atom is -0.456 e. The number of aryl methyl sites for hydroxylation is 2. The summed E-state index contributed by atoms with van der Waals surface area (Å²) in [4.78, 5) is 28.2. The van der Waals surface area contributed by atoms with E-state index in [9.17, 15) is 9.59 Å². The summed E-state index contributed by atoms with van der Waals surface area (Å²) in [6.07, 6.45) is 0.717. The first-order valence-corrected chi connectivity index (χ1v) is 8.79. The Balaban J connectivity index is 1.44. The summed E-state index contributed by atoms with van der Waals surface area (Å²) in [7, 11) is 0. The Kier molecular flexibility index (Phi) is 5.40. The second-order valence-electron chi connectivity index (χ2n) is 5.60. The van der Waals surface area contributed by atoms with Gasteiger partial charge < -0.3 is 10.1 Å². The second kappa shape index (κ2) is 7.90. The molecule has 5 nitrogen and oxygen atoms in total. The third kappa shape index (κ3) is 4.64. The smallest absolute Gasteiger partial charge is 0.306 e. The number of ether oxygens (including phenoxy) is 1. The fraction of sp³-hybridized carbons (Fsp3) is 0.211. The van der Waals surface area contributed by atoms with Crippen molar-refractivity contribution in [2.75, 3.05) is 11.9 Å². The van der Waals surface area contributed by atoms with Crippen molar-refractivity contribution in [3.63, 3.8) is 0 Å². The fourth-order valence-electron chi connectivity index (χ4n) is 2.35. The zero-order chi connectivity index (χ0) is 17.6. The Hall–Kier alpha value is -2.73. The van der Waals surface area contributed by atoms with E-state index in [0.29, 0.717) is 6.42 Å². The molecule has 6 heteroatoms. The van der Waals surface area contributed by atoms with Gasteiger partial charge in [0.15, 0.2) is 6.61 Å². The third-order valence-corrected chi connectivity index (χ3v) is 4.76. The summed E-state index contributed by atoms with van der Waals surface area (Å²) in [5, 5.41) is 3.62. The maximum absolute atomic E-state index is 11.9. The van der Waals surface area contributed by atoms with Crippen LogP contribution in [0.2, 0.25) is 0 Å². The van der Waals surface area contributed by atoms with Crippen LogP contribution >= 0.6 is 11.3 Å². The van der Waals surface area contributed by atoms with Gasteiger partial charge in [0.25, 0.3) is 5.91 Å². The van der Waals surface area contributed by atoms with Crippen LogP contribution in [0.5, 0.6) is 0 Å². The van der Waals surface area contributed by atoms with Gasteiger partial charge >= 0.3 is 5.97 Å². The van der Waals surface area contributed by atoms with E-state index in [0.717, 1.165) is 26.5 Å². The number of fused-ring (bicyclic) bond motifs is 1. The van der Waals surface area contributed by atoms with Crippen molar-refractivity contribution >= 4 is 39.1 Å². The molecule has 0 atom stereocenters. The van der Waals surface area contributed by atoms with Crippen molar-refractivity contribution in [2.45, 2.75) is 19.8 Å². The third-order valence-electron chi connectivity index (χ3n) is 3.66. The molecule has 0 spiro atoms. The van der Waals surface area contributed by atoms with Crippen LogP contribution in [-0.2, 0) is 20.7 Å². The highest BCUT2D eigenvalue weighted by Crippen LogP contribution is 2.22. The molecule has 128 valence electrons. The predicted molar refractivity (Wildman–Crippen MR) is 98.7 cm³/mol. The minimum absolute atomic E-state index is 0.206. The molecule has 3 rings (SSSR count). The lowest BCUT2D eigenvalue weighted by Gasteiger charge is -2.08. The molecule has 1 heterocycles. The van der Waals surface area contributed by atoms with Crippen molar-refractivity contribution in [3.05, 3.63) is 59.1 Å². The molecule has 0 aliphatic rings. The summed E-state index contributed by atoms with van der Waals surface area (Å²) < 4.78 is 6.14. The average Bonchev–Trinajstić information content (AvgIpc) is 3.03. The molecule has 0 bridgehead atoms. The number of thiazole rings is 1. The number of nitrogens with zero attached hydrogens (tertiary/aromatic N) is 1. The number of nitrogens with one attached hydrogen (secondary N) is 1. The van der Waals surface area contributed by atoms with E-state index >= 15 is 0 Å². The molecule has 0 aliphatic carbocycles. The maximum Gasteiger partial charge on any atom is 0.306 e. The van der Waals surface area contributed by atoms with Gasteiger partial charge in [0, 0.05) is 12.1 Å². The number of carbonyl (C=O) groups excluding carboxylic acids is 2. The van der Waals surface area contributed by atoms with E-state index in [-0.39, 0.29) is 18.9 Å². The van der Waals surface area contributed by atoms with Crippen LogP contribution in [0.3, 0.4) is 0 Å². The van der Waals surface area contributed by atoms with Crippen LogP contribution in [0.1, 0.15) is 17.0 Å².